The van der Waals surface area contributed by atoms with Crippen LogP contribution in [0.3, 0.4) is 0 Å². The van der Waals surface area contributed by atoms with Crippen molar-refractivity contribution in [3.05, 3.63) is 64.2 Å². The van der Waals surface area contributed by atoms with Gasteiger partial charge in [0.25, 0.3) is 0 Å². The molecular weight excluding hydrogens is 391 g/mol. The third-order valence-corrected chi connectivity index (χ3v) is 5.39. The van der Waals surface area contributed by atoms with Crippen LogP contribution in [0.5, 0.6) is 0 Å². The maximum Gasteiger partial charge on any atom is 0.240 e. The highest BCUT2D eigenvalue weighted by Gasteiger charge is 2.21. The standard InChI is InChI=1S/C22H22ClFN4O/c1-13-9-15(22(3,4)11-25)5-6-16(13)14(2)27-19(29)10-28-12-26-18-8-7-17(23)20(24)21(18)28/h5-9,12,14H,10H2,1-4H3,(H,27,29). The Morgan fingerprint density at radius 1 is 1.38 bits per heavy atom. The average molecular weight is 413 g/mol. The van der Waals surface area contributed by atoms with E-state index in [4.69, 9.17) is 11.6 Å². The van der Waals surface area contributed by atoms with E-state index in [0.717, 1.165) is 16.7 Å². The summed E-state index contributed by atoms with van der Waals surface area (Å²) >= 11 is 5.85. The molecule has 3 aromatic rings. The zero-order chi connectivity index (χ0) is 21.3. The number of imidazole rings is 1. The lowest BCUT2D eigenvalue weighted by molar-refractivity contribution is -0.122. The molecule has 0 radical (unpaired) electrons. The number of aryl methyl sites for hydroxylation is 1. The van der Waals surface area contributed by atoms with Crippen LogP contribution in [0.2, 0.25) is 5.02 Å². The topological polar surface area (TPSA) is 70.7 Å². The van der Waals surface area contributed by atoms with Crippen LogP contribution in [0.15, 0.2) is 36.7 Å². The van der Waals surface area contributed by atoms with Gasteiger partial charge in [-0.05, 0) is 56.5 Å². The van der Waals surface area contributed by atoms with E-state index in [-0.39, 0.29) is 29.0 Å². The summed E-state index contributed by atoms with van der Waals surface area (Å²) in [6.45, 7) is 7.51. The number of fused-ring (bicyclic) bond motifs is 1. The van der Waals surface area contributed by atoms with Crippen molar-refractivity contribution in [3.63, 3.8) is 0 Å². The van der Waals surface area contributed by atoms with E-state index in [1.165, 1.54) is 17.0 Å². The fourth-order valence-corrected chi connectivity index (χ4v) is 3.50. The Kier molecular flexibility index (Phi) is 5.63. The number of rotatable bonds is 5. The molecule has 0 fully saturated rings. The van der Waals surface area contributed by atoms with Gasteiger partial charge >= 0.3 is 0 Å². The summed E-state index contributed by atoms with van der Waals surface area (Å²) in [5.74, 6) is -0.855. The summed E-state index contributed by atoms with van der Waals surface area (Å²) in [7, 11) is 0. The van der Waals surface area contributed by atoms with Gasteiger partial charge in [-0.25, -0.2) is 9.37 Å². The summed E-state index contributed by atoms with van der Waals surface area (Å²) in [6, 6.07) is 10.9. The molecule has 0 saturated heterocycles. The fourth-order valence-electron chi connectivity index (χ4n) is 3.35. The molecule has 5 nitrogen and oxygen atoms in total. The van der Waals surface area contributed by atoms with Gasteiger partial charge in [0.2, 0.25) is 5.91 Å². The first-order chi connectivity index (χ1) is 13.6. The molecule has 1 unspecified atom stereocenters. The Morgan fingerprint density at radius 3 is 2.76 bits per heavy atom. The lowest BCUT2D eigenvalue weighted by atomic mass is 9.84. The van der Waals surface area contributed by atoms with Crippen LogP contribution < -0.4 is 5.32 Å². The zero-order valence-electron chi connectivity index (χ0n) is 16.8. The predicted octanol–water partition coefficient (Wildman–Crippen LogP) is 4.82. The number of amides is 1. The van der Waals surface area contributed by atoms with Gasteiger partial charge in [0, 0.05) is 0 Å². The molecule has 0 spiro atoms. The van der Waals surface area contributed by atoms with Crippen LogP contribution in [0.1, 0.15) is 43.5 Å². The van der Waals surface area contributed by atoms with Gasteiger partial charge in [-0.15, -0.1) is 0 Å². The molecule has 1 heterocycles. The third-order valence-electron chi connectivity index (χ3n) is 5.10. The minimum Gasteiger partial charge on any atom is -0.348 e. The second-order valence-electron chi connectivity index (χ2n) is 7.70. The fraction of sp³-hybridized carbons (Fsp3) is 0.318. The van der Waals surface area contributed by atoms with Gasteiger partial charge in [0.1, 0.15) is 12.1 Å². The summed E-state index contributed by atoms with van der Waals surface area (Å²) < 4.78 is 15.8. The Labute approximate surface area is 174 Å². The molecule has 1 atom stereocenters. The van der Waals surface area contributed by atoms with Gasteiger partial charge in [-0.1, -0.05) is 29.8 Å². The van der Waals surface area contributed by atoms with E-state index >= 15 is 0 Å². The smallest absolute Gasteiger partial charge is 0.240 e. The van der Waals surface area contributed by atoms with Crippen LogP contribution in [0.4, 0.5) is 4.39 Å². The normalized spacial score (nSPS) is 12.6. The SMILES string of the molecule is Cc1cc(C(C)(C)C#N)ccc1C(C)NC(=O)Cn1cnc2ccc(Cl)c(F)c21. The van der Waals surface area contributed by atoms with Crippen LogP contribution in [-0.4, -0.2) is 15.5 Å². The molecule has 1 N–H and O–H groups in total. The third kappa shape index (κ3) is 4.10. The molecule has 0 aliphatic rings. The monoisotopic (exact) mass is 412 g/mol. The van der Waals surface area contributed by atoms with E-state index in [0.29, 0.717) is 5.52 Å². The Bertz CT molecular complexity index is 1130. The molecule has 0 saturated carbocycles. The lowest BCUT2D eigenvalue weighted by Gasteiger charge is -2.21. The molecular formula is C22H22ClFN4O. The van der Waals surface area contributed by atoms with Crippen molar-refractivity contribution in [1.29, 1.82) is 5.26 Å². The van der Waals surface area contributed by atoms with Crippen LogP contribution in [0, 0.1) is 24.1 Å². The second kappa shape index (κ2) is 7.84. The Hall–Kier alpha value is -2.91. The second-order valence-corrected chi connectivity index (χ2v) is 8.11. The van der Waals surface area contributed by atoms with Crippen LogP contribution in [0.25, 0.3) is 11.0 Å². The first-order valence-electron chi connectivity index (χ1n) is 9.24. The first kappa shape index (κ1) is 20.8. The van der Waals surface area contributed by atoms with Crippen molar-refractivity contribution in [3.8, 4) is 6.07 Å². The Balaban J connectivity index is 1.77. The minimum absolute atomic E-state index is 0.0102. The van der Waals surface area contributed by atoms with E-state index < -0.39 is 11.2 Å². The minimum atomic E-state index is -0.589. The van der Waals surface area contributed by atoms with Crippen LogP contribution in [-0.2, 0) is 16.8 Å². The molecule has 0 bridgehead atoms. The number of nitrogens with zero attached hydrogens (tertiary/aromatic N) is 3. The Morgan fingerprint density at radius 2 is 2.10 bits per heavy atom. The quantitative estimate of drug-likeness (QED) is 0.653. The van der Waals surface area contributed by atoms with E-state index in [1.807, 2.05) is 45.9 Å². The summed E-state index contributed by atoms with van der Waals surface area (Å²) in [4.78, 5) is 16.7. The highest BCUT2D eigenvalue weighted by Crippen LogP contribution is 2.27. The molecule has 0 aliphatic carbocycles. The van der Waals surface area contributed by atoms with Gasteiger partial charge in [-0.2, -0.15) is 5.26 Å². The molecule has 1 aromatic heterocycles. The number of hydrogen-bond donors (Lipinski definition) is 1. The van der Waals surface area contributed by atoms with E-state index in [9.17, 15) is 14.4 Å². The molecule has 2 aromatic carbocycles. The number of halogens is 2. The number of nitrogens with one attached hydrogen (secondary N) is 1. The largest absolute Gasteiger partial charge is 0.348 e. The maximum atomic E-state index is 14.3. The number of hydrogen-bond acceptors (Lipinski definition) is 3. The number of benzene rings is 2. The molecule has 150 valence electrons. The van der Waals surface area contributed by atoms with Gasteiger partial charge in [-0.3, -0.25) is 4.79 Å². The summed E-state index contributed by atoms with van der Waals surface area (Å²) in [5, 5.41) is 12.2. The van der Waals surface area contributed by atoms with Crippen molar-refractivity contribution in [2.24, 2.45) is 0 Å². The van der Waals surface area contributed by atoms with Gasteiger partial charge < -0.3 is 9.88 Å². The highest BCUT2D eigenvalue weighted by molar-refractivity contribution is 6.31. The van der Waals surface area contributed by atoms with Gasteiger partial charge in [0.05, 0.1) is 34.4 Å². The summed E-state index contributed by atoms with van der Waals surface area (Å²) in [5.41, 5.74) is 2.95. The number of carbonyl (C=O) groups is 1. The molecule has 7 heteroatoms. The average Bonchev–Trinajstić information content (AvgIpc) is 3.07. The number of aromatic nitrogens is 2. The molecule has 3 rings (SSSR count). The van der Waals surface area contributed by atoms with Crippen molar-refractivity contribution < 1.29 is 9.18 Å². The zero-order valence-corrected chi connectivity index (χ0v) is 17.5. The molecule has 29 heavy (non-hydrogen) atoms. The first-order valence-corrected chi connectivity index (χ1v) is 9.62. The summed E-state index contributed by atoms with van der Waals surface area (Å²) in [6.07, 6.45) is 1.43. The van der Waals surface area contributed by atoms with Crippen molar-refractivity contribution in [1.82, 2.24) is 14.9 Å². The van der Waals surface area contributed by atoms with Gasteiger partial charge in [0.15, 0.2) is 5.82 Å². The highest BCUT2D eigenvalue weighted by atomic mass is 35.5. The lowest BCUT2D eigenvalue weighted by Crippen LogP contribution is -2.30. The van der Waals surface area contributed by atoms with E-state index in [1.54, 1.807) is 6.07 Å². The van der Waals surface area contributed by atoms with Crippen LogP contribution >= 0.6 is 11.6 Å². The van der Waals surface area contributed by atoms with E-state index in [2.05, 4.69) is 16.4 Å². The molecule has 1 amide bonds. The number of carbonyl (C=O) groups excluding carboxylic acids is 1. The predicted molar refractivity (Wildman–Crippen MR) is 111 cm³/mol. The van der Waals surface area contributed by atoms with Crippen molar-refractivity contribution >= 4 is 28.5 Å². The maximum absolute atomic E-state index is 14.3. The van der Waals surface area contributed by atoms with Crippen molar-refractivity contribution in [2.45, 2.75) is 45.7 Å². The number of nitriles is 1. The van der Waals surface area contributed by atoms with Crippen molar-refractivity contribution in [2.75, 3.05) is 0 Å². The molecule has 0 aliphatic heterocycles.